The van der Waals surface area contributed by atoms with Gasteiger partial charge in [-0.15, -0.1) is 0 Å². The zero-order valence-corrected chi connectivity index (χ0v) is 17.6. The van der Waals surface area contributed by atoms with E-state index in [4.69, 9.17) is 4.74 Å². The molecule has 3 rings (SSSR count). The molecule has 2 N–H and O–H groups in total. The average molecular weight is 388 g/mol. The third kappa shape index (κ3) is 4.66. The topological polar surface area (TPSA) is 70.7 Å². The predicted molar refractivity (Wildman–Crippen MR) is 110 cm³/mol. The summed E-state index contributed by atoms with van der Waals surface area (Å²) in [5.74, 6) is 0.170. The first-order valence-electron chi connectivity index (χ1n) is 10.3. The number of amides is 2. The van der Waals surface area contributed by atoms with Gasteiger partial charge in [-0.25, -0.2) is 4.79 Å². The van der Waals surface area contributed by atoms with Crippen molar-refractivity contribution in [1.29, 1.82) is 0 Å². The molecule has 1 heterocycles. The number of anilines is 1. The highest BCUT2D eigenvalue weighted by Crippen LogP contribution is 2.38. The summed E-state index contributed by atoms with van der Waals surface area (Å²) in [6, 6.07) is 9.08. The van der Waals surface area contributed by atoms with Crippen LogP contribution in [0.3, 0.4) is 0 Å². The fraction of sp³-hybridized carbons (Fsp3) is 0.636. The van der Waals surface area contributed by atoms with Crippen molar-refractivity contribution in [3.05, 3.63) is 29.8 Å². The second-order valence-electron chi connectivity index (χ2n) is 8.99. The first-order valence-corrected chi connectivity index (χ1v) is 10.3. The molecule has 0 radical (unpaired) electrons. The number of fused-ring (bicyclic) bond motifs is 1. The minimum Gasteiger partial charge on any atom is -0.444 e. The maximum absolute atomic E-state index is 12.4. The van der Waals surface area contributed by atoms with E-state index in [0.717, 1.165) is 24.9 Å². The van der Waals surface area contributed by atoms with Crippen LogP contribution in [0.5, 0.6) is 0 Å². The number of nitrogens with one attached hydrogen (secondary N) is 2. The molecule has 0 bridgehead atoms. The summed E-state index contributed by atoms with van der Waals surface area (Å²) in [5, 5.41) is 6.68. The van der Waals surface area contributed by atoms with E-state index >= 15 is 0 Å². The van der Waals surface area contributed by atoms with E-state index in [2.05, 4.69) is 23.6 Å². The van der Waals surface area contributed by atoms with Crippen LogP contribution in [0.25, 0.3) is 0 Å². The highest BCUT2D eigenvalue weighted by Gasteiger charge is 2.37. The van der Waals surface area contributed by atoms with Crippen molar-refractivity contribution in [2.75, 3.05) is 4.90 Å². The summed E-state index contributed by atoms with van der Waals surface area (Å²) in [5.41, 5.74) is 1.73. The SMILES string of the molecule is CCC(=O)N1c2ccccc2[C@H](NC2CC(NC(=O)OC(C)(C)C)C2)C[C@@H]1C. The Balaban J connectivity index is 1.59. The molecular formula is C22H33N3O3. The van der Waals surface area contributed by atoms with Crippen LogP contribution >= 0.6 is 0 Å². The van der Waals surface area contributed by atoms with Gasteiger partial charge >= 0.3 is 6.09 Å². The number of alkyl carbamates (subject to hydrolysis) is 1. The number of para-hydroxylation sites is 1. The molecule has 1 aliphatic carbocycles. The smallest absolute Gasteiger partial charge is 0.407 e. The van der Waals surface area contributed by atoms with Crippen molar-refractivity contribution in [3.63, 3.8) is 0 Å². The van der Waals surface area contributed by atoms with Crippen LogP contribution < -0.4 is 15.5 Å². The molecular weight excluding hydrogens is 354 g/mol. The fourth-order valence-corrected chi connectivity index (χ4v) is 4.15. The Morgan fingerprint density at radius 1 is 1.14 bits per heavy atom. The number of hydrogen-bond donors (Lipinski definition) is 2. The summed E-state index contributed by atoms with van der Waals surface area (Å²) in [6.07, 6.45) is 2.84. The van der Waals surface area contributed by atoms with Crippen molar-refractivity contribution in [2.24, 2.45) is 0 Å². The molecule has 1 aromatic carbocycles. The molecule has 2 amide bonds. The minimum absolute atomic E-state index is 0.154. The van der Waals surface area contributed by atoms with E-state index in [1.807, 2.05) is 50.8 Å². The number of nitrogens with zero attached hydrogens (tertiary/aromatic N) is 1. The van der Waals surface area contributed by atoms with Gasteiger partial charge in [0.1, 0.15) is 5.60 Å². The molecule has 0 saturated heterocycles. The van der Waals surface area contributed by atoms with Crippen molar-refractivity contribution in [3.8, 4) is 0 Å². The Morgan fingerprint density at radius 3 is 2.46 bits per heavy atom. The van der Waals surface area contributed by atoms with E-state index in [9.17, 15) is 9.59 Å². The highest BCUT2D eigenvalue weighted by atomic mass is 16.6. The van der Waals surface area contributed by atoms with E-state index in [-0.39, 0.29) is 30.1 Å². The van der Waals surface area contributed by atoms with Gasteiger partial charge in [-0.1, -0.05) is 25.1 Å². The summed E-state index contributed by atoms with van der Waals surface area (Å²) in [6.45, 7) is 9.63. The number of carbonyl (C=O) groups is 2. The molecule has 154 valence electrons. The summed E-state index contributed by atoms with van der Waals surface area (Å²) < 4.78 is 5.33. The van der Waals surface area contributed by atoms with Gasteiger partial charge < -0.3 is 20.3 Å². The maximum Gasteiger partial charge on any atom is 0.407 e. The molecule has 2 atom stereocenters. The third-order valence-corrected chi connectivity index (χ3v) is 5.46. The van der Waals surface area contributed by atoms with Crippen LogP contribution in [0.15, 0.2) is 24.3 Å². The molecule has 1 aliphatic heterocycles. The van der Waals surface area contributed by atoms with Crippen molar-refractivity contribution >= 4 is 17.7 Å². The second kappa shape index (κ2) is 8.11. The van der Waals surface area contributed by atoms with Gasteiger partial charge in [0.25, 0.3) is 0 Å². The molecule has 0 unspecified atom stereocenters. The number of carbonyl (C=O) groups excluding carboxylic acids is 2. The molecule has 28 heavy (non-hydrogen) atoms. The molecule has 1 aromatic rings. The summed E-state index contributed by atoms with van der Waals surface area (Å²) in [4.78, 5) is 26.3. The molecule has 1 saturated carbocycles. The third-order valence-electron chi connectivity index (χ3n) is 5.46. The zero-order chi connectivity index (χ0) is 20.5. The van der Waals surface area contributed by atoms with Gasteiger partial charge in [-0.3, -0.25) is 4.79 Å². The highest BCUT2D eigenvalue weighted by molar-refractivity contribution is 5.95. The first-order chi connectivity index (χ1) is 13.2. The lowest BCUT2D eigenvalue weighted by Gasteiger charge is -2.44. The van der Waals surface area contributed by atoms with Gasteiger partial charge in [0.05, 0.1) is 0 Å². The molecule has 6 nitrogen and oxygen atoms in total. The zero-order valence-electron chi connectivity index (χ0n) is 17.6. The average Bonchev–Trinajstić information content (AvgIpc) is 2.57. The van der Waals surface area contributed by atoms with Gasteiger partial charge in [0.2, 0.25) is 5.91 Å². The lowest BCUT2D eigenvalue weighted by atomic mass is 9.84. The standard InChI is InChI=1S/C22H33N3O3/c1-6-20(26)25-14(2)11-18(17-9-7-8-10-19(17)25)23-15-12-16(13-15)24-21(27)28-22(3,4)5/h7-10,14-16,18,23H,6,11-13H2,1-5H3,(H,24,27)/t14-,15?,16?,18+/m0/s1. The molecule has 0 aromatic heterocycles. The number of ether oxygens (including phenoxy) is 1. The minimum atomic E-state index is -0.477. The first kappa shape index (κ1) is 20.6. The van der Waals surface area contributed by atoms with Crippen molar-refractivity contribution in [1.82, 2.24) is 10.6 Å². The van der Waals surface area contributed by atoms with E-state index in [0.29, 0.717) is 12.5 Å². The summed E-state index contributed by atoms with van der Waals surface area (Å²) >= 11 is 0. The van der Waals surface area contributed by atoms with Gasteiger partial charge in [0, 0.05) is 36.3 Å². The maximum atomic E-state index is 12.4. The van der Waals surface area contributed by atoms with Gasteiger partial charge in [-0.2, -0.15) is 0 Å². The Labute approximate surface area is 168 Å². The van der Waals surface area contributed by atoms with Crippen LogP contribution in [0.4, 0.5) is 10.5 Å². The molecule has 1 fully saturated rings. The number of benzene rings is 1. The van der Waals surface area contributed by atoms with Crippen LogP contribution in [-0.2, 0) is 9.53 Å². The summed E-state index contributed by atoms with van der Waals surface area (Å²) in [7, 11) is 0. The van der Waals surface area contributed by atoms with Crippen molar-refractivity contribution < 1.29 is 14.3 Å². The monoisotopic (exact) mass is 387 g/mol. The van der Waals surface area contributed by atoms with Crippen molar-refractivity contribution in [2.45, 2.75) is 90.1 Å². The number of hydrogen-bond acceptors (Lipinski definition) is 4. The lowest BCUT2D eigenvalue weighted by molar-refractivity contribution is -0.118. The normalized spacial score (nSPS) is 26.8. The Morgan fingerprint density at radius 2 is 1.82 bits per heavy atom. The van der Waals surface area contributed by atoms with E-state index in [1.165, 1.54) is 5.56 Å². The Hall–Kier alpha value is -2.08. The molecule has 0 spiro atoms. The largest absolute Gasteiger partial charge is 0.444 e. The van der Waals surface area contributed by atoms with E-state index in [1.54, 1.807) is 0 Å². The van der Waals surface area contributed by atoms with Crippen LogP contribution in [0.2, 0.25) is 0 Å². The Bertz CT molecular complexity index is 722. The van der Waals surface area contributed by atoms with Crippen LogP contribution in [0.1, 0.15) is 71.9 Å². The Kier molecular flexibility index (Phi) is 5.98. The van der Waals surface area contributed by atoms with Gasteiger partial charge in [0.15, 0.2) is 0 Å². The molecule has 2 aliphatic rings. The second-order valence-corrected chi connectivity index (χ2v) is 8.99. The van der Waals surface area contributed by atoms with Crippen LogP contribution in [0, 0.1) is 0 Å². The fourth-order valence-electron chi connectivity index (χ4n) is 4.15. The van der Waals surface area contributed by atoms with Gasteiger partial charge in [-0.05, 0) is 58.6 Å². The predicted octanol–water partition coefficient (Wildman–Crippen LogP) is 3.91. The lowest BCUT2D eigenvalue weighted by Crippen LogP contribution is -2.55. The molecule has 6 heteroatoms. The number of rotatable bonds is 4. The van der Waals surface area contributed by atoms with E-state index < -0.39 is 5.60 Å². The quantitative estimate of drug-likeness (QED) is 0.822. The van der Waals surface area contributed by atoms with Crippen LogP contribution in [-0.4, -0.2) is 35.7 Å².